The van der Waals surface area contributed by atoms with Gasteiger partial charge in [-0.3, -0.25) is 9.58 Å². The standard InChI is InChI=1S/C15H19BrN4/c16-14-4-2-1-3-12(14)11-19-8-5-13(6-9-19)20-10-7-15(17)18-20/h1-4,7,10,13H,5-6,8-9,11H2,(H2,17,18). The quantitative estimate of drug-likeness (QED) is 0.938. The van der Waals surface area contributed by atoms with Crippen molar-refractivity contribution in [2.45, 2.75) is 25.4 Å². The van der Waals surface area contributed by atoms with Gasteiger partial charge >= 0.3 is 0 Å². The Morgan fingerprint density at radius 2 is 1.95 bits per heavy atom. The smallest absolute Gasteiger partial charge is 0.145 e. The van der Waals surface area contributed by atoms with E-state index in [4.69, 9.17) is 5.73 Å². The average Bonchev–Trinajstić information content (AvgIpc) is 2.89. The second-order valence-electron chi connectivity index (χ2n) is 5.32. The van der Waals surface area contributed by atoms with Gasteiger partial charge in [-0.15, -0.1) is 0 Å². The molecule has 0 saturated carbocycles. The molecule has 4 nitrogen and oxygen atoms in total. The van der Waals surface area contributed by atoms with E-state index in [2.05, 4.69) is 50.2 Å². The number of rotatable bonds is 3. The van der Waals surface area contributed by atoms with Gasteiger partial charge in [-0.05, 0) is 30.5 Å². The van der Waals surface area contributed by atoms with Crippen LogP contribution in [-0.4, -0.2) is 27.8 Å². The van der Waals surface area contributed by atoms with Crippen molar-refractivity contribution in [2.24, 2.45) is 0 Å². The molecule has 3 rings (SSSR count). The monoisotopic (exact) mass is 334 g/mol. The van der Waals surface area contributed by atoms with E-state index >= 15 is 0 Å². The molecule has 5 heteroatoms. The summed E-state index contributed by atoms with van der Waals surface area (Å²) in [6.07, 6.45) is 4.25. The van der Waals surface area contributed by atoms with E-state index < -0.39 is 0 Å². The zero-order valence-corrected chi connectivity index (χ0v) is 13.0. The van der Waals surface area contributed by atoms with Gasteiger partial charge in [-0.1, -0.05) is 34.1 Å². The summed E-state index contributed by atoms with van der Waals surface area (Å²) in [4.78, 5) is 2.50. The second-order valence-corrected chi connectivity index (χ2v) is 6.17. The van der Waals surface area contributed by atoms with Crippen LogP contribution in [0.25, 0.3) is 0 Å². The molecule has 0 amide bonds. The molecule has 106 valence electrons. The Kier molecular flexibility index (Phi) is 4.08. The van der Waals surface area contributed by atoms with Crippen molar-refractivity contribution in [3.05, 3.63) is 46.6 Å². The minimum Gasteiger partial charge on any atom is -0.382 e. The lowest BCUT2D eigenvalue weighted by atomic mass is 10.0. The lowest BCUT2D eigenvalue weighted by Crippen LogP contribution is -2.34. The molecule has 2 aromatic rings. The SMILES string of the molecule is Nc1ccn(C2CCN(Cc3ccccc3Br)CC2)n1. The molecule has 0 bridgehead atoms. The third-order valence-electron chi connectivity index (χ3n) is 3.91. The molecular weight excluding hydrogens is 316 g/mol. The van der Waals surface area contributed by atoms with Crippen molar-refractivity contribution >= 4 is 21.7 Å². The van der Waals surface area contributed by atoms with E-state index in [-0.39, 0.29) is 0 Å². The predicted molar refractivity (Wildman–Crippen MR) is 84.3 cm³/mol. The maximum absolute atomic E-state index is 5.68. The van der Waals surface area contributed by atoms with Gasteiger partial charge in [0.25, 0.3) is 0 Å². The highest BCUT2D eigenvalue weighted by Crippen LogP contribution is 2.25. The minimum atomic E-state index is 0.489. The summed E-state index contributed by atoms with van der Waals surface area (Å²) in [5.74, 6) is 0.612. The van der Waals surface area contributed by atoms with Crippen molar-refractivity contribution in [2.75, 3.05) is 18.8 Å². The van der Waals surface area contributed by atoms with Crippen LogP contribution in [0.1, 0.15) is 24.4 Å². The predicted octanol–water partition coefficient (Wildman–Crippen LogP) is 3.06. The number of piperidine rings is 1. The molecule has 1 saturated heterocycles. The summed E-state index contributed by atoms with van der Waals surface area (Å²) < 4.78 is 3.22. The highest BCUT2D eigenvalue weighted by atomic mass is 79.9. The number of halogens is 1. The maximum atomic E-state index is 5.68. The molecule has 1 fully saturated rings. The first-order valence-electron chi connectivity index (χ1n) is 6.99. The lowest BCUT2D eigenvalue weighted by molar-refractivity contribution is 0.173. The van der Waals surface area contributed by atoms with Crippen molar-refractivity contribution in [3.63, 3.8) is 0 Å². The Balaban J connectivity index is 1.58. The van der Waals surface area contributed by atoms with Crippen LogP contribution < -0.4 is 5.73 Å². The van der Waals surface area contributed by atoms with Crippen LogP contribution in [0.4, 0.5) is 5.82 Å². The molecule has 1 aromatic carbocycles. The summed E-state index contributed by atoms with van der Waals surface area (Å²) in [6, 6.07) is 10.8. The third-order valence-corrected chi connectivity index (χ3v) is 4.69. The van der Waals surface area contributed by atoms with Gasteiger partial charge in [-0.2, -0.15) is 5.10 Å². The van der Waals surface area contributed by atoms with Gasteiger partial charge in [0.05, 0.1) is 6.04 Å². The number of anilines is 1. The number of nitrogens with zero attached hydrogens (tertiary/aromatic N) is 3. The van der Waals surface area contributed by atoms with Crippen molar-refractivity contribution < 1.29 is 0 Å². The number of benzene rings is 1. The average molecular weight is 335 g/mol. The summed E-state index contributed by atoms with van der Waals surface area (Å²) in [6.45, 7) is 3.22. The Bertz CT molecular complexity index is 573. The third kappa shape index (κ3) is 3.04. The van der Waals surface area contributed by atoms with Gasteiger partial charge in [0.15, 0.2) is 0 Å². The van der Waals surface area contributed by atoms with Crippen LogP contribution in [0.2, 0.25) is 0 Å². The highest BCUT2D eigenvalue weighted by Gasteiger charge is 2.21. The zero-order valence-electron chi connectivity index (χ0n) is 11.4. The highest BCUT2D eigenvalue weighted by molar-refractivity contribution is 9.10. The van der Waals surface area contributed by atoms with Crippen LogP contribution in [0.15, 0.2) is 41.0 Å². The molecule has 0 atom stereocenters. The first kappa shape index (κ1) is 13.6. The Hall–Kier alpha value is -1.33. The van der Waals surface area contributed by atoms with E-state index in [0.717, 1.165) is 32.5 Å². The number of nitrogen functional groups attached to an aromatic ring is 1. The van der Waals surface area contributed by atoms with Crippen LogP contribution in [-0.2, 0) is 6.54 Å². The molecule has 1 aliphatic rings. The zero-order chi connectivity index (χ0) is 13.9. The fourth-order valence-electron chi connectivity index (χ4n) is 2.77. The van der Waals surface area contributed by atoms with Gasteiger partial charge in [-0.25, -0.2) is 0 Å². The maximum Gasteiger partial charge on any atom is 0.145 e. The summed E-state index contributed by atoms with van der Waals surface area (Å²) in [7, 11) is 0. The normalized spacial score (nSPS) is 17.4. The van der Waals surface area contributed by atoms with Crippen molar-refractivity contribution in [1.29, 1.82) is 0 Å². The Morgan fingerprint density at radius 3 is 2.60 bits per heavy atom. The number of hydrogen-bond acceptors (Lipinski definition) is 3. The molecular formula is C15H19BrN4. The number of hydrogen-bond donors (Lipinski definition) is 1. The molecule has 20 heavy (non-hydrogen) atoms. The summed E-state index contributed by atoms with van der Waals surface area (Å²) >= 11 is 3.62. The van der Waals surface area contributed by atoms with Crippen molar-refractivity contribution in [1.82, 2.24) is 14.7 Å². The molecule has 0 aliphatic carbocycles. The van der Waals surface area contributed by atoms with Gasteiger partial charge < -0.3 is 5.73 Å². The summed E-state index contributed by atoms with van der Waals surface area (Å²) in [5, 5.41) is 4.33. The van der Waals surface area contributed by atoms with Crippen LogP contribution >= 0.6 is 15.9 Å². The first-order valence-corrected chi connectivity index (χ1v) is 7.78. The largest absolute Gasteiger partial charge is 0.382 e. The fraction of sp³-hybridized carbons (Fsp3) is 0.400. The Labute approximate surface area is 127 Å². The van der Waals surface area contributed by atoms with Gasteiger partial charge in [0.2, 0.25) is 0 Å². The summed E-state index contributed by atoms with van der Waals surface area (Å²) in [5.41, 5.74) is 7.04. The lowest BCUT2D eigenvalue weighted by Gasteiger charge is -2.32. The van der Waals surface area contributed by atoms with E-state index in [0.29, 0.717) is 11.9 Å². The van der Waals surface area contributed by atoms with Gasteiger partial charge in [0.1, 0.15) is 5.82 Å². The molecule has 1 aliphatic heterocycles. The second kappa shape index (κ2) is 5.97. The van der Waals surface area contributed by atoms with Crippen LogP contribution in [0.3, 0.4) is 0 Å². The van der Waals surface area contributed by atoms with E-state index in [1.54, 1.807) is 0 Å². The van der Waals surface area contributed by atoms with E-state index in [1.807, 2.05) is 16.9 Å². The van der Waals surface area contributed by atoms with Crippen LogP contribution in [0, 0.1) is 0 Å². The van der Waals surface area contributed by atoms with E-state index in [9.17, 15) is 0 Å². The Morgan fingerprint density at radius 1 is 1.20 bits per heavy atom. The fourth-order valence-corrected chi connectivity index (χ4v) is 3.18. The molecule has 0 radical (unpaired) electrons. The molecule has 0 spiro atoms. The topological polar surface area (TPSA) is 47.1 Å². The van der Waals surface area contributed by atoms with Gasteiger partial charge in [0, 0.05) is 30.3 Å². The number of nitrogens with two attached hydrogens (primary N) is 1. The molecule has 2 N–H and O–H groups in total. The molecule has 2 heterocycles. The van der Waals surface area contributed by atoms with Crippen LogP contribution in [0.5, 0.6) is 0 Å². The first-order chi connectivity index (χ1) is 9.72. The molecule has 1 aromatic heterocycles. The van der Waals surface area contributed by atoms with Crippen molar-refractivity contribution in [3.8, 4) is 0 Å². The minimum absolute atomic E-state index is 0.489. The number of aromatic nitrogens is 2. The molecule has 0 unspecified atom stereocenters. The number of likely N-dealkylation sites (tertiary alicyclic amines) is 1. The van der Waals surface area contributed by atoms with E-state index in [1.165, 1.54) is 10.0 Å².